The first-order valence-electron chi connectivity index (χ1n) is 19.9. The molecule has 0 saturated carbocycles. The van der Waals surface area contributed by atoms with E-state index in [1.54, 1.807) is 57.2 Å². The number of fused-ring (bicyclic) bond motifs is 5. The van der Waals surface area contributed by atoms with Crippen LogP contribution in [-0.2, 0) is 30.2 Å². The van der Waals surface area contributed by atoms with Crippen molar-refractivity contribution >= 4 is 57.3 Å². The number of amides is 3. The normalized spacial score (nSPS) is 13.9. The number of carbonyl (C=O) groups is 5. The lowest BCUT2D eigenvalue weighted by atomic mass is 9.98. The first kappa shape index (κ1) is 41.5. The Hall–Kier alpha value is -7.20. The lowest BCUT2D eigenvalue weighted by molar-refractivity contribution is -0.128. The van der Waals surface area contributed by atoms with Crippen LogP contribution in [0, 0.1) is 0 Å². The maximum atomic E-state index is 14.7. The van der Waals surface area contributed by atoms with Crippen LogP contribution in [0.25, 0.3) is 22.0 Å². The fourth-order valence-electron chi connectivity index (χ4n) is 7.58. The van der Waals surface area contributed by atoms with E-state index in [-0.39, 0.29) is 36.4 Å². The van der Waals surface area contributed by atoms with Gasteiger partial charge in [0.15, 0.2) is 22.3 Å². The third-order valence-electron chi connectivity index (χ3n) is 10.3. The minimum Gasteiger partial charge on any atom is -0.486 e. The third-order valence-corrected chi connectivity index (χ3v) is 11.1. The van der Waals surface area contributed by atoms with Gasteiger partial charge in [-0.2, -0.15) is 0 Å². The number of nitrogens with zero attached hydrogens (tertiary/aromatic N) is 2. The number of anilines is 1. The lowest BCUT2D eigenvalue weighted by Gasteiger charge is -2.25. The fourth-order valence-corrected chi connectivity index (χ4v) is 8.26. The van der Waals surface area contributed by atoms with Gasteiger partial charge in [0.05, 0.1) is 12.6 Å². The van der Waals surface area contributed by atoms with Crippen LogP contribution in [0.15, 0.2) is 102 Å². The van der Waals surface area contributed by atoms with Gasteiger partial charge < -0.3 is 39.6 Å². The second-order valence-corrected chi connectivity index (χ2v) is 16.5. The van der Waals surface area contributed by atoms with E-state index in [2.05, 4.69) is 20.9 Å². The summed E-state index contributed by atoms with van der Waals surface area (Å²) in [7, 11) is 1.21. The summed E-state index contributed by atoms with van der Waals surface area (Å²) in [6, 6.07) is 26.8. The number of aromatic nitrogens is 2. The lowest BCUT2D eigenvalue weighted by Crippen LogP contribution is -2.50. The van der Waals surface area contributed by atoms with E-state index in [0.717, 1.165) is 33.6 Å². The molecule has 8 rings (SSSR count). The molecule has 62 heavy (non-hydrogen) atoms. The molecule has 0 bridgehead atoms. The molecule has 3 heterocycles. The van der Waals surface area contributed by atoms with E-state index in [0.29, 0.717) is 40.3 Å². The number of rotatable bonds is 11. The molecule has 15 nitrogen and oxygen atoms in total. The van der Waals surface area contributed by atoms with Crippen molar-refractivity contribution in [3.8, 4) is 22.6 Å². The van der Waals surface area contributed by atoms with Crippen molar-refractivity contribution in [2.75, 3.05) is 32.2 Å². The molecular formula is C46H43N5O10S. The number of methoxy groups -OCH3 is 1. The van der Waals surface area contributed by atoms with Gasteiger partial charge in [0, 0.05) is 28.8 Å². The molecule has 3 amide bonds. The monoisotopic (exact) mass is 857 g/mol. The Labute approximate surface area is 360 Å². The summed E-state index contributed by atoms with van der Waals surface area (Å²) in [5, 5.41) is 10.4. The molecule has 2 aromatic heterocycles. The van der Waals surface area contributed by atoms with E-state index in [1.807, 2.05) is 60.7 Å². The number of alkyl carbamates (subject to hydrolysis) is 1. The number of hydrogen-bond donors (Lipinski definition) is 3. The molecule has 0 fully saturated rings. The van der Waals surface area contributed by atoms with Gasteiger partial charge in [-0.1, -0.05) is 72.8 Å². The van der Waals surface area contributed by atoms with Gasteiger partial charge in [0.2, 0.25) is 11.8 Å². The van der Waals surface area contributed by atoms with E-state index in [4.69, 9.17) is 23.7 Å². The van der Waals surface area contributed by atoms with Gasteiger partial charge in [0.25, 0.3) is 0 Å². The first-order valence-corrected chi connectivity index (χ1v) is 20.7. The Morgan fingerprint density at radius 3 is 2.23 bits per heavy atom. The van der Waals surface area contributed by atoms with Gasteiger partial charge in [-0.15, -0.1) is 11.3 Å². The van der Waals surface area contributed by atoms with Crippen LogP contribution in [0.1, 0.15) is 65.6 Å². The smallest absolute Gasteiger partial charge is 0.419 e. The largest absolute Gasteiger partial charge is 0.486 e. The maximum absolute atomic E-state index is 14.7. The van der Waals surface area contributed by atoms with Crippen LogP contribution in [0.2, 0.25) is 0 Å². The van der Waals surface area contributed by atoms with Crippen molar-refractivity contribution in [3.63, 3.8) is 0 Å². The zero-order valence-electron chi connectivity index (χ0n) is 34.3. The summed E-state index contributed by atoms with van der Waals surface area (Å²) in [4.78, 5) is 72.9. The Morgan fingerprint density at radius 1 is 0.839 bits per heavy atom. The summed E-state index contributed by atoms with van der Waals surface area (Å²) < 4.78 is 29.3. The van der Waals surface area contributed by atoms with E-state index < -0.39 is 47.7 Å². The Balaban J connectivity index is 1.11. The third kappa shape index (κ3) is 8.81. The van der Waals surface area contributed by atoms with E-state index >= 15 is 0 Å². The van der Waals surface area contributed by atoms with Gasteiger partial charge in [-0.05, 0) is 72.9 Å². The molecule has 16 heteroatoms. The number of para-hydroxylation sites is 1. The summed E-state index contributed by atoms with van der Waals surface area (Å²) in [6.45, 7) is 5.82. The van der Waals surface area contributed by atoms with Crippen molar-refractivity contribution in [1.29, 1.82) is 0 Å². The van der Waals surface area contributed by atoms with Crippen molar-refractivity contribution in [2.45, 2.75) is 50.8 Å². The highest BCUT2D eigenvalue weighted by atomic mass is 32.1. The topological polar surface area (TPSA) is 185 Å². The van der Waals surface area contributed by atoms with Crippen LogP contribution in [0.4, 0.5) is 14.7 Å². The number of nitrogens with one attached hydrogen (secondary N) is 3. The quantitative estimate of drug-likeness (QED) is 0.0872. The van der Waals surface area contributed by atoms with Crippen molar-refractivity contribution in [2.24, 2.45) is 0 Å². The van der Waals surface area contributed by atoms with Crippen LogP contribution in [0.5, 0.6) is 11.5 Å². The van der Waals surface area contributed by atoms with Gasteiger partial charge in [0.1, 0.15) is 37.5 Å². The Kier molecular flexibility index (Phi) is 11.7. The number of benzene rings is 4. The highest BCUT2D eigenvalue weighted by Crippen LogP contribution is 2.44. The zero-order valence-corrected chi connectivity index (χ0v) is 35.1. The van der Waals surface area contributed by atoms with Crippen LogP contribution in [0.3, 0.4) is 0 Å². The number of thiazole rings is 1. The highest BCUT2D eigenvalue weighted by Gasteiger charge is 2.34. The van der Waals surface area contributed by atoms with Crippen LogP contribution >= 0.6 is 11.3 Å². The molecule has 0 spiro atoms. The molecule has 1 unspecified atom stereocenters. The summed E-state index contributed by atoms with van der Waals surface area (Å²) in [5.41, 5.74) is 4.44. The van der Waals surface area contributed by atoms with Crippen molar-refractivity contribution in [3.05, 3.63) is 131 Å². The van der Waals surface area contributed by atoms with E-state index in [9.17, 15) is 24.0 Å². The molecule has 1 aliphatic carbocycles. The minimum absolute atomic E-state index is 0.0169. The van der Waals surface area contributed by atoms with Crippen molar-refractivity contribution in [1.82, 2.24) is 20.2 Å². The average Bonchev–Trinajstić information content (AvgIpc) is 3.97. The SMILES string of the molecule is COC(=O)c1csc(NC(=O)[C@H](Cc2cc3ccccc3n2C(=O)OC(C)(C)C)NC(=O)C(NC(=O)OCC2c3ccccc3-c3ccccc32)c2ccc3c(c2)OCCO3)n1. The van der Waals surface area contributed by atoms with E-state index in [1.165, 1.54) is 17.1 Å². The van der Waals surface area contributed by atoms with Crippen LogP contribution < -0.4 is 25.4 Å². The Morgan fingerprint density at radius 2 is 1.52 bits per heavy atom. The second-order valence-electron chi connectivity index (χ2n) is 15.6. The zero-order chi connectivity index (χ0) is 43.5. The number of hydrogen-bond acceptors (Lipinski definition) is 12. The number of ether oxygens (including phenoxy) is 5. The molecule has 0 radical (unpaired) electrons. The van der Waals surface area contributed by atoms with Gasteiger partial charge in [-0.3, -0.25) is 9.59 Å². The maximum Gasteiger partial charge on any atom is 0.419 e. The molecule has 2 atom stereocenters. The number of esters is 1. The van der Waals surface area contributed by atoms with Crippen LogP contribution in [-0.4, -0.2) is 78.1 Å². The van der Waals surface area contributed by atoms with Gasteiger partial charge in [-0.25, -0.2) is 23.9 Å². The van der Waals surface area contributed by atoms with Crippen molar-refractivity contribution < 1.29 is 47.7 Å². The second kappa shape index (κ2) is 17.4. The molecule has 1 aliphatic heterocycles. The fraction of sp³-hybridized carbons (Fsp3) is 0.261. The molecular weight excluding hydrogens is 815 g/mol. The highest BCUT2D eigenvalue weighted by molar-refractivity contribution is 7.14. The molecule has 4 aromatic carbocycles. The average molecular weight is 858 g/mol. The standard InChI is InChI=1S/C46H43N5O10S/c1-46(2,3)61-45(56)51-28(21-26-11-5-10-16-36(26)51)23-34(40(52)50-43-48-35(25-62-43)42(54)57-4)47-41(53)39(27-17-18-37-38(22-27)59-20-19-58-37)49-44(55)60-24-33-31-14-8-6-12-29(31)30-13-7-9-15-32(30)33/h5-18,21-22,25,33-34,39H,19-20,23-24H2,1-4H3,(H,47,53)(H,49,55)(H,48,50,52)/t34-,39?/m0/s1. The summed E-state index contributed by atoms with van der Waals surface area (Å²) >= 11 is 0.979. The summed E-state index contributed by atoms with van der Waals surface area (Å²) in [5.74, 6) is -1.64. The Bertz CT molecular complexity index is 2660. The number of carbonyl (C=O) groups excluding carboxylic acids is 5. The predicted molar refractivity (Wildman–Crippen MR) is 230 cm³/mol. The molecule has 3 N–H and O–H groups in total. The first-order chi connectivity index (χ1) is 29.9. The summed E-state index contributed by atoms with van der Waals surface area (Å²) in [6.07, 6.45) is -1.79. The predicted octanol–water partition coefficient (Wildman–Crippen LogP) is 7.38. The molecule has 6 aromatic rings. The van der Waals surface area contributed by atoms with Gasteiger partial charge >= 0.3 is 18.2 Å². The molecule has 2 aliphatic rings. The molecule has 318 valence electrons. The molecule has 0 saturated heterocycles. The minimum atomic E-state index is -1.42.